The van der Waals surface area contributed by atoms with Gasteiger partial charge in [0.1, 0.15) is 12.4 Å². The summed E-state index contributed by atoms with van der Waals surface area (Å²) in [5, 5.41) is 4.30. The number of likely N-dealkylation sites (tertiary alicyclic amines) is 1. The molecule has 0 N–H and O–H groups in total. The normalized spacial score (nSPS) is 23.4. The number of para-hydroxylation sites is 1. The third-order valence-electron chi connectivity index (χ3n) is 5.10. The van der Waals surface area contributed by atoms with Gasteiger partial charge in [0.05, 0.1) is 18.5 Å². The first-order valence-corrected chi connectivity index (χ1v) is 8.80. The smallest absolute Gasteiger partial charge is 0.229 e. The van der Waals surface area contributed by atoms with Gasteiger partial charge >= 0.3 is 0 Å². The van der Waals surface area contributed by atoms with Crippen LogP contribution in [0.2, 0.25) is 0 Å². The van der Waals surface area contributed by atoms with Crippen LogP contribution in [0.4, 0.5) is 0 Å². The number of aromatic nitrogens is 2. The van der Waals surface area contributed by atoms with Gasteiger partial charge in [-0.3, -0.25) is 9.48 Å². The Morgan fingerprint density at radius 3 is 3.04 bits per heavy atom. The predicted octanol–water partition coefficient (Wildman–Crippen LogP) is 2.52. The molecule has 2 aliphatic rings. The average molecular weight is 325 g/mol. The lowest BCUT2D eigenvalue weighted by Gasteiger charge is -2.38. The molecule has 5 heteroatoms. The molecule has 1 fully saturated rings. The summed E-state index contributed by atoms with van der Waals surface area (Å²) in [6.07, 6.45) is 7.86. The number of hydrogen-bond acceptors (Lipinski definition) is 3. The van der Waals surface area contributed by atoms with E-state index in [2.05, 4.69) is 16.1 Å². The first-order valence-electron chi connectivity index (χ1n) is 8.80. The van der Waals surface area contributed by atoms with Crippen molar-refractivity contribution in [2.24, 2.45) is 5.92 Å². The molecular formula is C19H23N3O2. The number of hydrogen-bond donors (Lipinski definition) is 0. The molecule has 1 aromatic heterocycles. The van der Waals surface area contributed by atoms with Gasteiger partial charge in [-0.2, -0.15) is 5.10 Å². The van der Waals surface area contributed by atoms with Gasteiger partial charge in [0.15, 0.2) is 0 Å². The number of ether oxygens (including phenoxy) is 1. The van der Waals surface area contributed by atoms with E-state index in [4.69, 9.17) is 4.74 Å². The zero-order valence-corrected chi connectivity index (χ0v) is 13.8. The van der Waals surface area contributed by atoms with Crippen molar-refractivity contribution < 1.29 is 9.53 Å². The highest BCUT2D eigenvalue weighted by Crippen LogP contribution is 2.29. The number of fused-ring (bicyclic) bond motifs is 1. The maximum Gasteiger partial charge on any atom is 0.229 e. The van der Waals surface area contributed by atoms with Crippen molar-refractivity contribution in [1.82, 2.24) is 14.7 Å². The molecular weight excluding hydrogens is 302 g/mol. The van der Waals surface area contributed by atoms with Crippen LogP contribution in [0.15, 0.2) is 42.7 Å². The first-order chi connectivity index (χ1) is 11.8. The molecule has 1 amide bonds. The molecule has 1 saturated heterocycles. The fraction of sp³-hybridized carbons (Fsp3) is 0.474. The quantitative estimate of drug-likeness (QED) is 0.871. The molecule has 5 nitrogen and oxygen atoms in total. The van der Waals surface area contributed by atoms with E-state index in [0.29, 0.717) is 6.61 Å². The van der Waals surface area contributed by atoms with E-state index < -0.39 is 0 Å². The zero-order valence-electron chi connectivity index (χ0n) is 13.8. The molecule has 126 valence electrons. The van der Waals surface area contributed by atoms with Gasteiger partial charge in [-0.25, -0.2) is 0 Å². The molecule has 2 aromatic rings. The maximum absolute atomic E-state index is 13.1. The minimum absolute atomic E-state index is 0.0712. The minimum atomic E-state index is -0.0712. The van der Waals surface area contributed by atoms with Crippen molar-refractivity contribution in [3.05, 3.63) is 48.3 Å². The Labute approximate surface area is 142 Å². The summed E-state index contributed by atoms with van der Waals surface area (Å²) in [7, 11) is 0. The van der Waals surface area contributed by atoms with Crippen molar-refractivity contribution in [2.45, 2.75) is 38.3 Å². The molecule has 0 saturated carbocycles. The van der Waals surface area contributed by atoms with Crippen LogP contribution in [-0.4, -0.2) is 39.8 Å². The van der Waals surface area contributed by atoms with E-state index in [1.54, 1.807) is 6.20 Å². The van der Waals surface area contributed by atoms with Crippen molar-refractivity contribution >= 4 is 5.91 Å². The molecule has 1 aromatic carbocycles. The summed E-state index contributed by atoms with van der Waals surface area (Å²) in [5.41, 5.74) is 1.14. The Morgan fingerprint density at radius 1 is 1.25 bits per heavy atom. The molecule has 2 aliphatic heterocycles. The van der Waals surface area contributed by atoms with Gasteiger partial charge < -0.3 is 9.64 Å². The summed E-state index contributed by atoms with van der Waals surface area (Å²) in [4.78, 5) is 15.2. The SMILES string of the molecule is O=C([C@H]1COc2ccccc2C1)N1CCCC[C@H]1Cn1cccn1. The van der Waals surface area contributed by atoms with Gasteiger partial charge in [0.25, 0.3) is 0 Å². The van der Waals surface area contributed by atoms with Gasteiger partial charge in [-0.1, -0.05) is 18.2 Å². The number of amides is 1. The summed E-state index contributed by atoms with van der Waals surface area (Å²) in [6, 6.07) is 10.2. The molecule has 4 rings (SSSR count). The Balaban J connectivity index is 1.48. The van der Waals surface area contributed by atoms with Crippen LogP contribution in [0.25, 0.3) is 0 Å². The molecule has 0 unspecified atom stereocenters. The van der Waals surface area contributed by atoms with E-state index in [1.807, 2.05) is 35.1 Å². The maximum atomic E-state index is 13.1. The second-order valence-electron chi connectivity index (χ2n) is 6.73. The molecule has 0 bridgehead atoms. The summed E-state index contributed by atoms with van der Waals surface area (Å²) >= 11 is 0. The Kier molecular flexibility index (Phi) is 4.24. The van der Waals surface area contributed by atoms with Crippen molar-refractivity contribution in [1.29, 1.82) is 0 Å². The van der Waals surface area contributed by atoms with E-state index in [-0.39, 0.29) is 17.9 Å². The monoisotopic (exact) mass is 325 g/mol. The number of carbonyl (C=O) groups is 1. The molecule has 3 heterocycles. The third kappa shape index (κ3) is 3.03. The highest BCUT2D eigenvalue weighted by atomic mass is 16.5. The summed E-state index contributed by atoms with van der Waals surface area (Å²) in [5.74, 6) is 1.09. The van der Waals surface area contributed by atoms with Crippen LogP contribution >= 0.6 is 0 Å². The molecule has 0 aliphatic carbocycles. The lowest BCUT2D eigenvalue weighted by molar-refractivity contribution is -0.141. The third-order valence-corrected chi connectivity index (χ3v) is 5.10. The van der Waals surface area contributed by atoms with Crippen molar-refractivity contribution in [2.75, 3.05) is 13.2 Å². The number of nitrogens with zero attached hydrogens (tertiary/aromatic N) is 3. The molecule has 0 radical (unpaired) electrons. The lowest BCUT2D eigenvalue weighted by Crippen LogP contribution is -2.50. The van der Waals surface area contributed by atoms with Gasteiger partial charge in [-0.15, -0.1) is 0 Å². The highest BCUT2D eigenvalue weighted by molar-refractivity contribution is 5.80. The van der Waals surface area contributed by atoms with Crippen LogP contribution in [-0.2, 0) is 17.8 Å². The standard InChI is InChI=1S/C19H23N3O2/c23-19(16-12-15-6-1-2-8-18(15)24-14-16)22-11-4-3-7-17(22)13-21-10-5-9-20-21/h1-2,5-6,8-10,16-17H,3-4,7,11-14H2/t16-,17+/m1/s1. The molecule has 0 spiro atoms. The molecule has 24 heavy (non-hydrogen) atoms. The predicted molar refractivity (Wildman–Crippen MR) is 90.7 cm³/mol. The number of piperidine rings is 1. The summed E-state index contributed by atoms with van der Waals surface area (Å²) in [6.45, 7) is 2.12. The fourth-order valence-corrected chi connectivity index (χ4v) is 3.83. The number of rotatable bonds is 3. The highest BCUT2D eigenvalue weighted by Gasteiger charge is 2.34. The Morgan fingerprint density at radius 2 is 2.17 bits per heavy atom. The van der Waals surface area contributed by atoms with Crippen LogP contribution in [0.3, 0.4) is 0 Å². The van der Waals surface area contributed by atoms with E-state index in [0.717, 1.165) is 43.7 Å². The summed E-state index contributed by atoms with van der Waals surface area (Å²) < 4.78 is 7.76. The Hall–Kier alpha value is -2.30. The van der Waals surface area contributed by atoms with E-state index in [1.165, 1.54) is 6.42 Å². The lowest BCUT2D eigenvalue weighted by atomic mass is 9.93. The number of benzene rings is 1. The molecule has 2 atom stereocenters. The fourth-order valence-electron chi connectivity index (χ4n) is 3.83. The van der Waals surface area contributed by atoms with Gasteiger partial charge in [-0.05, 0) is 43.4 Å². The van der Waals surface area contributed by atoms with Crippen molar-refractivity contribution in [3.63, 3.8) is 0 Å². The van der Waals surface area contributed by atoms with Crippen LogP contribution < -0.4 is 4.74 Å². The topological polar surface area (TPSA) is 47.4 Å². The number of carbonyl (C=O) groups excluding carboxylic acids is 1. The average Bonchev–Trinajstić information content (AvgIpc) is 3.14. The largest absolute Gasteiger partial charge is 0.492 e. The van der Waals surface area contributed by atoms with Gasteiger partial charge in [0.2, 0.25) is 5.91 Å². The van der Waals surface area contributed by atoms with Crippen LogP contribution in [0.1, 0.15) is 24.8 Å². The Bertz CT molecular complexity index is 698. The van der Waals surface area contributed by atoms with Crippen molar-refractivity contribution in [3.8, 4) is 5.75 Å². The first kappa shape index (κ1) is 15.2. The van der Waals surface area contributed by atoms with E-state index >= 15 is 0 Å². The van der Waals surface area contributed by atoms with Crippen LogP contribution in [0.5, 0.6) is 5.75 Å². The zero-order chi connectivity index (χ0) is 16.4. The van der Waals surface area contributed by atoms with Crippen LogP contribution in [0, 0.1) is 5.92 Å². The second-order valence-corrected chi connectivity index (χ2v) is 6.73. The minimum Gasteiger partial charge on any atom is -0.492 e. The second kappa shape index (κ2) is 6.67. The van der Waals surface area contributed by atoms with Gasteiger partial charge in [0, 0.05) is 18.9 Å². The van der Waals surface area contributed by atoms with E-state index in [9.17, 15) is 4.79 Å².